The molecule has 0 radical (unpaired) electrons. The zero-order valence-corrected chi connectivity index (χ0v) is 11.8. The van der Waals surface area contributed by atoms with E-state index in [1.165, 1.54) is 6.42 Å². The Hall–Kier alpha value is -1.71. The van der Waals surface area contributed by atoms with E-state index in [9.17, 15) is 4.79 Å². The van der Waals surface area contributed by atoms with Crippen molar-refractivity contribution >= 4 is 11.6 Å². The number of nitrogen functional groups attached to an aromatic ring is 1. The van der Waals surface area contributed by atoms with Crippen molar-refractivity contribution in [3.63, 3.8) is 0 Å². The quantitative estimate of drug-likeness (QED) is 0.829. The predicted molar refractivity (Wildman–Crippen MR) is 76.3 cm³/mol. The number of rotatable bonds is 5. The first-order chi connectivity index (χ1) is 9.01. The summed E-state index contributed by atoms with van der Waals surface area (Å²) in [5, 5.41) is 0. The van der Waals surface area contributed by atoms with Crippen LogP contribution in [0.15, 0.2) is 18.2 Å². The van der Waals surface area contributed by atoms with Crippen molar-refractivity contribution in [2.75, 3.05) is 25.9 Å². The van der Waals surface area contributed by atoms with Gasteiger partial charge in [0.05, 0.1) is 6.61 Å². The maximum absolute atomic E-state index is 12.3. The number of hydrogen-bond donors (Lipinski definition) is 1. The van der Waals surface area contributed by atoms with Crippen molar-refractivity contribution in [3.05, 3.63) is 23.8 Å². The zero-order chi connectivity index (χ0) is 14.0. The highest BCUT2D eigenvalue weighted by Gasteiger charge is 2.34. The van der Waals surface area contributed by atoms with Gasteiger partial charge >= 0.3 is 0 Å². The molecular formula is C15H22N2O2. The lowest BCUT2D eigenvalue weighted by Crippen LogP contribution is -2.29. The van der Waals surface area contributed by atoms with E-state index in [0.29, 0.717) is 29.5 Å². The number of carbonyl (C=O) groups is 1. The normalized spacial score (nSPS) is 21.0. The molecule has 1 aromatic carbocycles. The molecule has 1 saturated carbocycles. The van der Waals surface area contributed by atoms with Gasteiger partial charge in [-0.05, 0) is 37.3 Å². The first-order valence-corrected chi connectivity index (χ1v) is 6.80. The highest BCUT2D eigenvalue weighted by molar-refractivity contribution is 5.95. The maximum Gasteiger partial charge on any atom is 0.253 e. The van der Waals surface area contributed by atoms with E-state index in [0.717, 1.165) is 12.5 Å². The van der Waals surface area contributed by atoms with Crippen molar-refractivity contribution in [3.8, 4) is 5.75 Å². The molecule has 0 aromatic heterocycles. The lowest BCUT2D eigenvalue weighted by atomic mass is 10.1. The van der Waals surface area contributed by atoms with E-state index < -0.39 is 0 Å². The second kappa shape index (κ2) is 5.51. The van der Waals surface area contributed by atoms with Crippen molar-refractivity contribution in [1.29, 1.82) is 0 Å². The number of anilines is 1. The standard InChI is InChI=1S/C15H22N2O2/c1-4-19-14-7-11(6-13(16)8-14)15(18)17(3)9-12-5-10(12)2/h6-8,10,12H,4-5,9,16H2,1-3H3. The molecule has 0 heterocycles. The molecule has 0 bridgehead atoms. The summed E-state index contributed by atoms with van der Waals surface area (Å²) in [6, 6.07) is 5.20. The van der Waals surface area contributed by atoms with Crippen LogP contribution in [0.5, 0.6) is 5.75 Å². The molecule has 4 nitrogen and oxygen atoms in total. The second-order valence-corrected chi connectivity index (χ2v) is 5.38. The fourth-order valence-electron chi connectivity index (χ4n) is 2.30. The summed E-state index contributed by atoms with van der Waals surface area (Å²) in [7, 11) is 1.84. The molecule has 1 aromatic rings. The summed E-state index contributed by atoms with van der Waals surface area (Å²) in [6.45, 7) is 5.51. The third-order valence-corrected chi connectivity index (χ3v) is 3.62. The summed E-state index contributed by atoms with van der Waals surface area (Å²) >= 11 is 0. The van der Waals surface area contributed by atoms with Crippen LogP contribution in [-0.2, 0) is 0 Å². The van der Waals surface area contributed by atoms with E-state index in [1.807, 2.05) is 14.0 Å². The Kier molecular flexibility index (Phi) is 3.98. The molecule has 104 valence electrons. The summed E-state index contributed by atoms with van der Waals surface area (Å²) in [4.78, 5) is 14.1. The SMILES string of the molecule is CCOc1cc(N)cc(C(=O)N(C)CC2CC2C)c1. The molecule has 0 saturated heterocycles. The van der Waals surface area contributed by atoms with Crippen LogP contribution in [0.2, 0.25) is 0 Å². The van der Waals surface area contributed by atoms with Crippen molar-refractivity contribution < 1.29 is 9.53 Å². The molecule has 1 amide bonds. The number of amides is 1. The smallest absolute Gasteiger partial charge is 0.253 e. The van der Waals surface area contributed by atoms with Crippen molar-refractivity contribution in [2.45, 2.75) is 20.3 Å². The molecule has 1 aliphatic carbocycles. The second-order valence-electron chi connectivity index (χ2n) is 5.38. The Bertz CT molecular complexity index is 473. The fourth-order valence-corrected chi connectivity index (χ4v) is 2.30. The van der Waals surface area contributed by atoms with Crippen LogP contribution in [0.3, 0.4) is 0 Å². The first kappa shape index (κ1) is 13.7. The number of nitrogens with zero attached hydrogens (tertiary/aromatic N) is 1. The van der Waals surface area contributed by atoms with Crippen LogP contribution in [-0.4, -0.2) is 31.0 Å². The molecule has 4 heteroatoms. The molecule has 19 heavy (non-hydrogen) atoms. The topological polar surface area (TPSA) is 55.6 Å². The Morgan fingerprint density at radius 2 is 2.16 bits per heavy atom. The van der Waals surface area contributed by atoms with Crippen LogP contribution in [0.1, 0.15) is 30.6 Å². The first-order valence-electron chi connectivity index (χ1n) is 6.80. The van der Waals surface area contributed by atoms with Crippen LogP contribution in [0.25, 0.3) is 0 Å². The van der Waals surface area contributed by atoms with Gasteiger partial charge in [-0.3, -0.25) is 4.79 Å². The number of carbonyl (C=O) groups excluding carboxylic acids is 1. The zero-order valence-electron chi connectivity index (χ0n) is 11.8. The van der Waals surface area contributed by atoms with Gasteiger partial charge in [0.2, 0.25) is 0 Å². The summed E-state index contributed by atoms with van der Waals surface area (Å²) in [6.07, 6.45) is 1.22. The van der Waals surface area contributed by atoms with Crippen molar-refractivity contribution in [1.82, 2.24) is 4.90 Å². The molecule has 0 aliphatic heterocycles. The fraction of sp³-hybridized carbons (Fsp3) is 0.533. The highest BCUT2D eigenvalue weighted by atomic mass is 16.5. The minimum absolute atomic E-state index is 0.00681. The van der Waals surface area contributed by atoms with Gasteiger partial charge in [0.25, 0.3) is 5.91 Å². The summed E-state index contributed by atoms with van der Waals surface area (Å²) in [5.41, 5.74) is 6.97. The molecule has 1 aliphatic rings. The van der Waals surface area contributed by atoms with E-state index >= 15 is 0 Å². The maximum atomic E-state index is 12.3. The molecule has 2 unspecified atom stereocenters. The third kappa shape index (κ3) is 3.40. The minimum atomic E-state index is 0.00681. The minimum Gasteiger partial charge on any atom is -0.494 e. The van der Waals surface area contributed by atoms with Crippen LogP contribution < -0.4 is 10.5 Å². The average Bonchev–Trinajstić information content (AvgIpc) is 3.03. The van der Waals surface area contributed by atoms with E-state index in [4.69, 9.17) is 10.5 Å². The Balaban J connectivity index is 2.08. The number of benzene rings is 1. The predicted octanol–water partition coefficient (Wildman–Crippen LogP) is 2.40. The molecular weight excluding hydrogens is 240 g/mol. The van der Waals surface area contributed by atoms with Gasteiger partial charge in [0.15, 0.2) is 0 Å². The van der Waals surface area contributed by atoms with E-state index in [1.54, 1.807) is 23.1 Å². The number of hydrogen-bond acceptors (Lipinski definition) is 3. The third-order valence-electron chi connectivity index (χ3n) is 3.62. The van der Waals surface area contributed by atoms with Crippen LogP contribution in [0.4, 0.5) is 5.69 Å². The van der Waals surface area contributed by atoms with E-state index in [2.05, 4.69) is 6.92 Å². The van der Waals surface area contributed by atoms with Gasteiger partial charge in [-0.15, -0.1) is 0 Å². The largest absolute Gasteiger partial charge is 0.494 e. The number of ether oxygens (including phenoxy) is 1. The van der Waals surface area contributed by atoms with Gasteiger partial charge < -0.3 is 15.4 Å². The van der Waals surface area contributed by atoms with Gasteiger partial charge in [-0.2, -0.15) is 0 Å². The molecule has 1 fully saturated rings. The lowest BCUT2D eigenvalue weighted by molar-refractivity contribution is 0.0786. The van der Waals surface area contributed by atoms with Gasteiger partial charge in [0, 0.05) is 30.9 Å². The van der Waals surface area contributed by atoms with Gasteiger partial charge in [-0.1, -0.05) is 6.92 Å². The van der Waals surface area contributed by atoms with Crippen molar-refractivity contribution in [2.24, 2.45) is 11.8 Å². The molecule has 2 N–H and O–H groups in total. The Morgan fingerprint density at radius 1 is 1.47 bits per heavy atom. The van der Waals surface area contributed by atoms with Gasteiger partial charge in [0.1, 0.15) is 5.75 Å². The average molecular weight is 262 g/mol. The number of nitrogens with two attached hydrogens (primary N) is 1. The molecule has 0 spiro atoms. The Labute approximate surface area is 114 Å². The highest BCUT2D eigenvalue weighted by Crippen LogP contribution is 2.38. The van der Waals surface area contributed by atoms with Crippen LogP contribution >= 0.6 is 0 Å². The monoisotopic (exact) mass is 262 g/mol. The lowest BCUT2D eigenvalue weighted by Gasteiger charge is -2.18. The van der Waals surface area contributed by atoms with Gasteiger partial charge in [-0.25, -0.2) is 0 Å². The van der Waals surface area contributed by atoms with Crippen LogP contribution in [0, 0.1) is 11.8 Å². The molecule has 2 atom stereocenters. The summed E-state index contributed by atoms with van der Waals surface area (Å²) < 4.78 is 5.42. The van der Waals surface area contributed by atoms with E-state index in [-0.39, 0.29) is 5.91 Å². The summed E-state index contributed by atoms with van der Waals surface area (Å²) in [5.74, 6) is 2.06. The molecule has 2 rings (SSSR count). The Morgan fingerprint density at radius 3 is 2.74 bits per heavy atom.